The van der Waals surface area contributed by atoms with E-state index in [1.807, 2.05) is 0 Å². The first-order chi connectivity index (χ1) is 14.0. The Morgan fingerprint density at radius 2 is 1.80 bits per heavy atom. The Balaban J connectivity index is 1.98. The number of hydrogen-bond donors (Lipinski definition) is 0. The highest BCUT2D eigenvalue weighted by Crippen LogP contribution is 2.39. The molecule has 3 rings (SSSR count). The fraction of sp³-hybridized carbons (Fsp3) is 0.435. The van der Waals surface area contributed by atoms with Gasteiger partial charge >= 0.3 is 12.1 Å². The predicted molar refractivity (Wildman–Crippen MR) is 108 cm³/mol. The largest absolute Gasteiger partial charge is 0.465 e. The van der Waals surface area contributed by atoms with Crippen LogP contribution < -0.4 is 0 Å². The van der Waals surface area contributed by atoms with Crippen LogP contribution >= 0.6 is 0 Å². The molecule has 1 saturated heterocycles. The van der Waals surface area contributed by atoms with E-state index in [4.69, 9.17) is 9.47 Å². The summed E-state index contributed by atoms with van der Waals surface area (Å²) < 4.78 is 51.7. The number of carbonyl (C=O) groups excluding carboxylic acids is 1. The van der Waals surface area contributed by atoms with Gasteiger partial charge in [0.25, 0.3) is 0 Å². The van der Waals surface area contributed by atoms with Crippen molar-refractivity contribution >= 4 is 5.97 Å². The Kier molecular flexibility index (Phi) is 6.24. The van der Waals surface area contributed by atoms with Gasteiger partial charge in [0.15, 0.2) is 0 Å². The number of hydrogen-bond acceptors (Lipinski definition) is 4. The molecule has 4 nitrogen and oxygen atoms in total. The van der Waals surface area contributed by atoms with Crippen molar-refractivity contribution in [3.8, 4) is 11.1 Å². The lowest BCUT2D eigenvalue weighted by Crippen LogP contribution is -2.58. The number of nitrogens with zero attached hydrogens (tertiary/aromatic N) is 1. The van der Waals surface area contributed by atoms with Gasteiger partial charge in [-0.25, -0.2) is 4.79 Å². The molecule has 0 amide bonds. The first-order valence-electron chi connectivity index (χ1n) is 9.78. The standard InChI is InChI=1S/C23H26F3NO3/c1-22(2,3)27-12-11-20(27)30-14-16-10-9-15(21(28)29-4)13-18(16)17-7-5-6-8-19(17)23(24,25)26/h5-10,13,20H,11-12,14H2,1-4H3. The summed E-state index contributed by atoms with van der Waals surface area (Å²) >= 11 is 0. The van der Waals surface area contributed by atoms with Crippen molar-refractivity contribution in [1.82, 2.24) is 4.90 Å². The predicted octanol–water partition coefficient (Wildman–Crippen LogP) is 5.51. The Labute approximate surface area is 174 Å². The van der Waals surface area contributed by atoms with E-state index in [1.54, 1.807) is 18.2 Å². The van der Waals surface area contributed by atoms with Crippen LogP contribution in [-0.4, -0.2) is 36.3 Å². The van der Waals surface area contributed by atoms with Crippen molar-refractivity contribution in [3.63, 3.8) is 0 Å². The van der Waals surface area contributed by atoms with Gasteiger partial charge in [0.05, 0.1) is 24.8 Å². The number of halogens is 3. The van der Waals surface area contributed by atoms with Gasteiger partial charge < -0.3 is 9.47 Å². The second-order valence-electron chi connectivity index (χ2n) is 8.33. The number of methoxy groups -OCH3 is 1. The second kappa shape index (κ2) is 8.40. The minimum Gasteiger partial charge on any atom is -0.465 e. The molecule has 0 N–H and O–H groups in total. The summed E-state index contributed by atoms with van der Waals surface area (Å²) in [5, 5.41) is 0. The zero-order chi connectivity index (χ0) is 22.1. The van der Waals surface area contributed by atoms with Gasteiger partial charge in [0.1, 0.15) is 6.23 Å². The Hall–Kier alpha value is -2.38. The van der Waals surface area contributed by atoms with E-state index in [9.17, 15) is 18.0 Å². The van der Waals surface area contributed by atoms with Crippen LogP contribution in [0.3, 0.4) is 0 Å². The van der Waals surface area contributed by atoms with E-state index in [0.717, 1.165) is 19.0 Å². The summed E-state index contributed by atoms with van der Waals surface area (Å²) in [7, 11) is 1.24. The number of rotatable bonds is 5. The highest BCUT2D eigenvalue weighted by atomic mass is 19.4. The lowest BCUT2D eigenvalue weighted by atomic mass is 9.93. The van der Waals surface area contributed by atoms with Crippen molar-refractivity contribution in [1.29, 1.82) is 0 Å². The monoisotopic (exact) mass is 421 g/mol. The summed E-state index contributed by atoms with van der Waals surface area (Å²) in [6.45, 7) is 7.34. The molecule has 1 aliphatic heterocycles. The number of benzene rings is 2. The molecule has 162 valence electrons. The van der Waals surface area contributed by atoms with Crippen LogP contribution in [0.5, 0.6) is 0 Å². The first-order valence-corrected chi connectivity index (χ1v) is 9.78. The van der Waals surface area contributed by atoms with Crippen LogP contribution in [0.15, 0.2) is 42.5 Å². The smallest absolute Gasteiger partial charge is 0.417 e. The van der Waals surface area contributed by atoms with E-state index < -0.39 is 17.7 Å². The van der Waals surface area contributed by atoms with Gasteiger partial charge in [-0.1, -0.05) is 24.3 Å². The van der Waals surface area contributed by atoms with Crippen molar-refractivity contribution in [2.45, 2.75) is 51.7 Å². The summed E-state index contributed by atoms with van der Waals surface area (Å²) in [4.78, 5) is 14.2. The maximum absolute atomic E-state index is 13.6. The molecule has 2 aromatic carbocycles. The Morgan fingerprint density at radius 1 is 1.10 bits per heavy atom. The molecule has 1 atom stereocenters. The third-order valence-corrected chi connectivity index (χ3v) is 5.31. The van der Waals surface area contributed by atoms with Crippen LogP contribution in [0.1, 0.15) is 48.7 Å². The van der Waals surface area contributed by atoms with E-state index in [0.29, 0.717) is 11.1 Å². The second-order valence-corrected chi connectivity index (χ2v) is 8.33. The SMILES string of the molecule is COC(=O)c1ccc(COC2CCN2C(C)(C)C)c(-c2ccccc2C(F)(F)F)c1. The van der Waals surface area contributed by atoms with Gasteiger partial charge in [-0.3, -0.25) is 4.90 Å². The Morgan fingerprint density at radius 3 is 2.37 bits per heavy atom. The van der Waals surface area contributed by atoms with Gasteiger partial charge in [-0.2, -0.15) is 13.2 Å². The molecule has 1 unspecified atom stereocenters. The van der Waals surface area contributed by atoms with E-state index >= 15 is 0 Å². The van der Waals surface area contributed by atoms with Gasteiger partial charge in [-0.05, 0) is 55.7 Å². The average molecular weight is 421 g/mol. The van der Waals surface area contributed by atoms with Crippen molar-refractivity contribution in [2.24, 2.45) is 0 Å². The molecule has 0 bridgehead atoms. The number of esters is 1. The summed E-state index contributed by atoms with van der Waals surface area (Å²) in [5.74, 6) is -0.605. The molecule has 0 saturated carbocycles. The van der Waals surface area contributed by atoms with Crippen LogP contribution in [0.2, 0.25) is 0 Å². The topological polar surface area (TPSA) is 38.8 Å². The Bertz CT molecular complexity index is 919. The molecule has 2 aromatic rings. The number of alkyl halides is 3. The van der Waals surface area contributed by atoms with Gasteiger partial charge in [0.2, 0.25) is 0 Å². The highest BCUT2D eigenvalue weighted by Gasteiger charge is 2.37. The molecule has 0 radical (unpaired) electrons. The third kappa shape index (κ3) is 4.68. The molecule has 1 heterocycles. The minimum atomic E-state index is -4.52. The van der Waals surface area contributed by atoms with E-state index in [1.165, 1.54) is 25.3 Å². The van der Waals surface area contributed by atoms with Crippen LogP contribution in [0, 0.1) is 0 Å². The number of carbonyl (C=O) groups is 1. The number of ether oxygens (including phenoxy) is 2. The zero-order valence-corrected chi connectivity index (χ0v) is 17.5. The molecule has 0 spiro atoms. The fourth-order valence-electron chi connectivity index (χ4n) is 3.65. The summed E-state index contributed by atoms with van der Waals surface area (Å²) in [5.41, 5.74) is 0.285. The number of likely N-dealkylation sites (tertiary alicyclic amines) is 1. The van der Waals surface area contributed by atoms with Crippen molar-refractivity contribution in [3.05, 3.63) is 59.2 Å². The molecule has 1 aliphatic rings. The highest BCUT2D eigenvalue weighted by molar-refractivity contribution is 5.91. The molecular formula is C23H26F3NO3. The average Bonchev–Trinajstić information content (AvgIpc) is 2.64. The molecule has 7 heteroatoms. The van der Waals surface area contributed by atoms with Gasteiger partial charge in [0, 0.05) is 18.5 Å². The molecular weight excluding hydrogens is 395 g/mol. The van der Waals surface area contributed by atoms with Crippen molar-refractivity contribution < 1.29 is 27.4 Å². The first kappa shape index (κ1) is 22.3. The normalized spacial score (nSPS) is 17.5. The summed E-state index contributed by atoms with van der Waals surface area (Å²) in [6, 6.07) is 9.97. The van der Waals surface area contributed by atoms with Crippen LogP contribution in [0.25, 0.3) is 11.1 Å². The third-order valence-electron chi connectivity index (χ3n) is 5.31. The van der Waals surface area contributed by atoms with Crippen molar-refractivity contribution in [2.75, 3.05) is 13.7 Å². The maximum atomic E-state index is 13.6. The minimum absolute atomic E-state index is 0.00985. The molecule has 1 fully saturated rings. The maximum Gasteiger partial charge on any atom is 0.417 e. The summed E-state index contributed by atoms with van der Waals surface area (Å²) in [6.07, 6.45) is -3.74. The van der Waals surface area contributed by atoms with Crippen LogP contribution in [0.4, 0.5) is 13.2 Å². The zero-order valence-electron chi connectivity index (χ0n) is 17.5. The van der Waals surface area contributed by atoms with E-state index in [-0.39, 0.29) is 29.5 Å². The van der Waals surface area contributed by atoms with Gasteiger partial charge in [-0.15, -0.1) is 0 Å². The van der Waals surface area contributed by atoms with E-state index in [2.05, 4.69) is 25.7 Å². The van der Waals surface area contributed by atoms with Crippen LogP contribution in [-0.2, 0) is 22.3 Å². The molecule has 0 aliphatic carbocycles. The lowest BCUT2D eigenvalue weighted by molar-refractivity contribution is -0.165. The fourth-order valence-corrected chi connectivity index (χ4v) is 3.65. The lowest BCUT2D eigenvalue weighted by Gasteiger charge is -2.48. The molecule has 0 aromatic heterocycles. The molecule has 30 heavy (non-hydrogen) atoms. The quantitative estimate of drug-likeness (QED) is 0.597.